The molecular weight excluding hydrogens is 476 g/mol. The molecule has 0 aliphatic rings. The number of likely N-dealkylation sites (N-methyl/N-ethyl adjacent to an activating group) is 1. The predicted molar refractivity (Wildman–Crippen MR) is 144 cm³/mol. The van der Waals surface area contributed by atoms with Crippen LogP contribution < -0.4 is 10.7 Å². The molecule has 3 rings (SSSR count). The molecule has 0 fully saturated rings. The van der Waals surface area contributed by atoms with Crippen molar-refractivity contribution in [3.8, 4) is 11.3 Å². The number of hydrogen-bond donors (Lipinski definition) is 2. The van der Waals surface area contributed by atoms with Gasteiger partial charge in [-0.25, -0.2) is 5.43 Å². The number of nitrogens with zero attached hydrogens (tertiary/aromatic N) is 2. The fourth-order valence-electron chi connectivity index (χ4n) is 3.96. The molecule has 190 valence electrons. The summed E-state index contributed by atoms with van der Waals surface area (Å²) in [4.78, 5) is 27.2. The first-order valence-corrected chi connectivity index (χ1v) is 12.7. The van der Waals surface area contributed by atoms with Gasteiger partial charge >= 0.3 is 0 Å². The Hall–Kier alpha value is -3.42. The van der Waals surface area contributed by atoms with Crippen LogP contribution in [0.25, 0.3) is 11.3 Å². The lowest BCUT2D eigenvalue weighted by molar-refractivity contribution is -0.126. The van der Waals surface area contributed by atoms with Crippen molar-refractivity contribution in [2.24, 2.45) is 5.10 Å². The summed E-state index contributed by atoms with van der Waals surface area (Å²) < 4.78 is 5.80. The number of furan rings is 1. The minimum atomic E-state index is -0.308. The standard InChI is InChI=1S/C28H33ClN4O3/c1-3-33(4-2)25(16-10-11-19-30-27(34)21-12-6-5-7-13-21)28(35)32-31-20-22-17-18-26(36-22)23-14-8-9-15-24(23)29/h5-9,12-15,17-18,20,25H,3-4,10-11,16,19H2,1-2H3,(H,30,34)(H,32,35). The van der Waals surface area contributed by atoms with E-state index in [1.165, 1.54) is 6.21 Å². The number of hydrazone groups is 1. The molecule has 0 spiro atoms. The Morgan fingerprint density at radius 2 is 1.72 bits per heavy atom. The van der Waals surface area contributed by atoms with E-state index < -0.39 is 0 Å². The topological polar surface area (TPSA) is 86.9 Å². The molecule has 2 aromatic carbocycles. The van der Waals surface area contributed by atoms with Crippen LogP contribution in [0.1, 0.15) is 49.2 Å². The van der Waals surface area contributed by atoms with Gasteiger partial charge in [-0.1, -0.05) is 55.8 Å². The average Bonchev–Trinajstić information content (AvgIpc) is 3.37. The zero-order chi connectivity index (χ0) is 25.8. The highest BCUT2D eigenvalue weighted by molar-refractivity contribution is 6.33. The van der Waals surface area contributed by atoms with Crippen molar-refractivity contribution in [2.75, 3.05) is 19.6 Å². The van der Waals surface area contributed by atoms with Gasteiger partial charge < -0.3 is 9.73 Å². The molecule has 1 aromatic heterocycles. The summed E-state index contributed by atoms with van der Waals surface area (Å²) in [5.41, 5.74) is 4.09. The van der Waals surface area contributed by atoms with Crippen LogP contribution >= 0.6 is 11.6 Å². The third-order valence-corrected chi connectivity index (χ3v) is 6.24. The third-order valence-electron chi connectivity index (χ3n) is 5.91. The number of benzene rings is 2. The largest absolute Gasteiger partial charge is 0.455 e. The van der Waals surface area contributed by atoms with Gasteiger partial charge in [0.1, 0.15) is 11.5 Å². The number of rotatable bonds is 13. The van der Waals surface area contributed by atoms with Crippen LogP contribution in [0.4, 0.5) is 0 Å². The number of carbonyl (C=O) groups is 2. The van der Waals surface area contributed by atoms with E-state index in [9.17, 15) is 9.59 Å². The lowest BCUT2D eigenvalue weighted by atomic mass is 10.1. The van der Waals surface area contributed by atoms with Crippen LogP contribution in [0.15, 0.2) is 76.2 Å². The van der Waals surface area contributed by atoms with Crippen molar-refractivity contribution in [3.63, 3.8) is 0 Å². The number of nitrogens with one attached hydrogen (secondary N) is 2. The average molecular weight is 509 g/mol. The van der Waals surface area contributed by atoms with Crippen molar-refractivity contribution in [1.29, 1.82) is 0 Å². The second-order valence-corrected chi connectivity index (χ2v) is 8.68. The van der Waals surface area contributed by atoms with Gasteiger partial charge in [0.2, 0.25) is 0 Å². The van der Waals surface area contributed by atoms with Crippen LogP contribution in [0.3, 0.4) is 0 Å². The summed E-state index contributed by atoms with van der Waals surface area (Å²) in [6.07, 6.45) is 3.73. The molecule has 0 radical (unpaired) electrons. The van der Waals surface area contributed by atoms with Gasteiger partial charge in [-0.3, -0.25) is 14.5 Å². The molecule has 3 aromatic rings. The lowest BCUT2D eigenvalue weighted by Crippen LogP contribution is -2.45. The van der Waals surface area contributed by atoms with Crippen molar-refractivity contribution in [2.45, 2.75) is 39.2 Å². The molecule has 1 heterocycles. The maximum atomic E-state index is 12.9. The van der Waals surface area contributed by atoms with Gasteiger partial charge in [0.15, 0.2) is 0 Å². The van der Waals surface area contributed by atoms with E-state index >= 15 is 0 Å². The molecule has 8 heteroatoms. The summed E-state index contributed by atoms with van der Waals surface area (Å²) >= 11 is 6.23. The number of amides is 2. The summed E-state index contributed by atoms with van der Waals surface area (Å²) in [6.45, 7) is 6.13. The molecule has 7 nitrogen and oxygen atoms in total. The molecule has 2 N–H and O–H groups in total. The Labute approximate surface area is 217 Å². The van der Waals surface area contributed by atoms with E-state index in [4.69, 9.17) is 16.0 Å². The normalized spacial score (nSPS) is 12.1. The second kappa shape index (κ2) is 14.2. The Bertz CT molecular complexity index is 1140. The lowest BCUT2D eigenvalue weighted by Gasteiger charge is -2.27. The van der Waals surface area contributed by atoms with Gasteiger partial charge in [0.05, 0.1) is 17.3 Å². The van der Waals surface area contributed by atoms with E-state index in [0.717, 1.165) is 31.5 Å². The molecule has 1 atom stereocenters. The Balaban J connectivity index is 1.50. The Morgan fingerprint density at radius 3 is 2.44 bits per heavy atom. The maximum absolute atomic E-state index is 12.9. The first kappa shape index (κ1) is 27.2. The maximum Gasteiger partial charge on any atom is 0.257 e. The zero-order valence-electron chi connectivity index (χ0n) is 20.7. The highest BCUT2D eigenvalue weighted by atomic mass is 35.5. The number of halogens is 1. The van der Waals surface area contributed by atoms with Gasteiger partial charge in [0.25, 0.3) is 11.8 Å². The van der Waals surface area contributed by atoms with Crippen LogP contribution in [-0.2, 0) is 4.79 Å². The molecule has 36 heavy (non-hydrogen) atoms. The first-order chi connectivity index (χ1) is 17.5. The second-order valence-electron chi connectivity index (χ2n) is 8.27. The molecule has 1 unspecified atom stereocenters. The summed E-state index contributed by atoms with van der Waals surface area (Å²) in [5.74, 6) is 0.896. The molecule has 0 aliphatic heterocycles. The van der Waals surface area contributed by atoms with Crippen molar-refractivity contribution >= 4 is 29.6 Å². The highest BCUT2D eigenvalue weighted by Gasteiger charge is 2.23. The van der Waals surface area contributed by atoms with E-state index in [-0.39, 0.29) is 17.9 Å². The minimum absolute atomic E-state index is 0.0846. The van der Waals surface area contributed by atoms with E-state index in [1.54, 1.807) is 24.3 Å². The Morgan fingerprint density at radius 1 is 1.00 bits per heavy atom. The van der Waals surface area contributed by atoms with Crippen molar-refractivity contribution < 1.29 is 14.0 Å². The van der Waals surface area contributed by atoms with Crippen molar-refractivity contribution in [3.05, 3.63) is 83.1 Å². The zero-order valence-corrected chi connectivity index (χ0v) is 21.5. The molecule has 0 saturated carbocycles. The summed E-state index contributed by atoms with van der Waals surface area (Å²) in [5, 5.41) is 7.64. The number of hydrogen-bond acceptors (Lipinski definition) is 5. The molecule has 0 aliphatic carbocycles. The van der Waals surface area contributed by atoms with E-state index in [0.29, 0.717) is 35.1 Å². The van der Waals surface area contributed by atoms with Crippen LogP contribution in [0.2, 0.25) is 5.02 Å². The molecule has 0 bridgehead atoms. The molecule has 0 saturated heterocycles. The SMILES string of the molecule is CCN(CC)C(CCCCNC(=O)c1ccccc1)C(=O)NN=Cc1ccc(-c2ccccc2Cl)o1. The van der Waals surface area contributed by atoms with E-state index in [2.05, 4.69) is 20.7 Å². The Kier molecular flexibility index (Phi) is 10.7. The first-order valence-electron chi connectivity index (χ1n) is 12.3. The van der Waals surface area contributed by atoms with Gasteiger partial charge in [0, 0.05) is 17.7 Å². The van der Waals surface area contributed by atoms with Crippen LogP contribution in [-0.4, -0.2) is 48.6 Å². The summed E-state index contributed by atoms with van der Waals surface area (Å²) in [7, 11) is 0. The van der Waals surface area contributed by atoms with Gasteiger partial charge in [-0.05, 0) is 68.8 Å². The number of unbranched alkanes of at least 4 members (excludes halogenated alkanes) is 1. The number of carbonyl (C=O) groups excluding carboxylic acids is 2. The van der Waals surface area contributed by atoms with Crippen LogP contribution in [0.5, 0.6) is 0 Å². The predicted octanol–water partition coefficient (Wildman–Crippen LogP) is 5.36. The minimum Gasteiger partial charge on any atom is -0.455 e. The van der Waals surface area contributed by atoms with Gasteiger partial charge in [-0.2, -0.15) is 5.10 Å². The fourth-order valence-corrected chi connectivity index (χ4v) is 4.19. The molecular formula is C28H33ClN4O3. The monoisotopic (exact) mass is 508 g/mol. The van der Waals surface area contributed by atoms with Crippen molar-refractivity contribution in [1.82, 2.24) is 15.6 Å². The smallest absolute Gasteiger partial charge is 0.257 e. The fraction of sp³-hybridized carbons (Fsp3) is 0.321. The third kappa shape index (κ3) is 7.80. The van der Waals surface area contributed by atoms with Gasteiger partial charge in [-0.15, -0.1) is 0 Å². The quantitative estimate of drug-likeness (QED) is 0.185. The summed E-state index contributed by atoms with van der Waals surface area (Å²) in [6, 6.07) is 19.9. The molecule has 2 amide bonds. The van der Waals surface area contributed by atoms with E-state index in [1.807, 2.05) is 56.3 Å². The van der Waals surface area contributed by atoms with Crippen LogP contribution in [0, 0.1) is 0 Å². The highest BCUT2D eigenvalue weighted by Crippen LogP contribution is 2.28.